The van der Waals surface area contributed by atoms with Crippen LogP contribution in [0.1, 0.15) is 49.5 Å². The van der Waals surface area contributed by atoms with Crippen molar-refractivity contribution in [3.63, 3.8) is 0 Å². The number of rotatable bonds is 11. The monoisotopic (exact) mass is 462 g/mol. The van der Waals surface area contributed by atoms with Gasteiger partial charge in [-0.05, 0) is 43.4 Å². The first-order valence-electron chi connectivity index (χ1n) is 11.9. The van der Waals surface area contributed by atoms with Crippen LogP contribution in [0.4, 0.5) is 0 Å². The van der Waals surface area contributed by atoms with Gasteiger partial charge in [-0.15, -0.1) is 0 Å². The number of nitrogens with zero attached hydrogens (tertiary/aromatic N) is 1. The van der Waals surface area contributed by atoms with Gasteiger partial charge in [0.15, 0.2) is 0 Å². The van der Waals surface area contributed by atoms with E-state index in [2.05, 4.69) is 10.3 Å². The molecule has 6 nitrogen and oxygen atoms in total. The molecule has 0 saturated heterocycles. The maximum absolute atomic E-state index is 13.0. The van der Waals surface area contributed by atoms with E-state index in [4.69, 9.17) is 4.74 Å². The van der Waals surface area contributed by atoms with Gasteiger partial charge in [0.1, 0.15) is 6.10 Å². The minimum Gasteiger partial charge on any atom is -0.456 e. The SMILES string of the molecule is CCNC(=O)[C@H](CC(C)C)C[C@H](O)[C@H](Cc1ccccc1)OC(=O)c1cnc2ccccc2c1. The quantitative estimate of drug-likeness (QED) is 0.408. The van der Waals surface area contributed by atoms with Crippen molar-refractivity contribution in [2.24, 2.45) is 11.8 Å². The molecule has 3 atom stereocenters. The van der Waals surface area contributed by atoms with Crippen molar-refractivity contribution in [3.05, 3.63) is 78.0 Å². The summed E-state index contributed by atoms with van der Waals surface area (Å²) in [5, 5.41) is 14.9. The lowest BCUT2D eigenvalue weighted by Crippen LogP contribution is -2.39. The van der Waals surface area contributed by atoms with E-state index in [1.54, 1.807) is 6.07 Å². The van der Waals surface area contributed by atoms with Crippen LogP contribution in [0.2, 0.25) is 0 Å². The van der Waals surface area contributed by atoms with Gasteiger partial charge in [0.2, 0.25) is 5.91 Å². The molecular formula is C28H34N2O4. The molecule has 0 saturated carbocycles. The molecule has 0 unspecified atom stereocenters. The number of benzene rings is 2. The molecule has 34 heavy (non-hydrogen) atoms. The Labute approximate surface area is 201 Å². The zero-order valence-electron chi connectivity index (χ0n) is 20.1. The summed E-state index contributed by atoms with van der Waals surface area (Å²) >= 11 is 0. The predicted octanol–water partition coefficient (Wildman–Crippen LogP) is 4.55. The second kappa shape index (κ2) is 12.3. The highest BCUT2D eigenvalue weighted by Gasteiger charge is 2.30. The van der Waals surface area contributed by atoms with Gasteiger partial charge >= 0.3 is 5.97 Å². The first-order valence-corrected chi connectivity index (χ1v) is 11.9. The number of ether oxygens (including phenoxy) is 1. The maximum atomic E-state index is 13.0. The summed E-state index contributed by atoms with van der Waals surface area (Å²) in [5.74, 6) is -0.705. The molecule has 0 spiro atoms. The molecule has 2 aromatic carbocycles. The number of aromatic nitrogens is 1. The number of aliphatic hydroxyl groups excluding tert-OH is 1. The number of pyridine rings is 1. The molecule has 3 rings (SSSR count). The van der Waals surface area contributed by atoms with Crippen LogP contribution in [0.25, 0.3) is 10.9 Å². The first kappa shape index (κ1) is 25.4. The van der Waals surface area contributed by atoms with E-state index >= 15 is 0 Å². The summed E-state index contributed by atoms with van der Waals surface area (Å²) in [6.45, 7) is 6.50. The van der Waals surface area contributed by atoms with E-state index < -0.39 is 18.2 Å². The van der Waals surface area contributed by atoms with Crippen molar-refractivity contribution in [2.75, 3.05) is 6.54 Å². The van der Waals surface area contributed by atoms with Crippen LogP contribution in [0, 0.1) is 11.8 Å². The van der Waals surface area contributed by atoms with Crippen molar-refractivity contribution in [3.8, 4) is 0 Å². The highest BCUT2D eigenvalue weighted by atomic mass is 16.6. The molecule has 1 amide bonds. The van der Waals surface area contributed by atoms with Crippen molar-refractivity contribution in [2.45, 2.75) is 52.2 Å². The molecule has 3 aromatic rings. The summed E-state index contributed by atoms with van der Waals surface area (Å²) in [4.78, 5) is 30.0. The molecule has 0 fully saturated rings. The predicted molar refractivity (Wildman–Crippen MR) is 133 cm³/mol. The minimum atomic E-state index is -0.996. The molecule has 0 radical (unpaired) electrons. The van der Waals surface area contributed by atoms with Crippen LogP contribution >= 0.6 is 0 Å². The van der Waals surface area contributed by atoms with Gasteiger partial charge in [-0.1, -0.05) is 62.4 Å². The fourth-order valence-corrected chi connectivity index (χ4v) is 4.13. The molecule has 180 valence electrons. The zero-order valence-corrected chi connectivity index (χ0v) is 20.1. The summed E-state index contributed by atoms with van der Waals surface area (Å²) in [6, 6.07) is 18.9. The van der Waals surface area contributed by atoms with Gasteiger partial charge in [0.25, 0.3) is 0 Å². The fourth-order valence-electron chi connectivity index (χ4n) is 4.13. The highest BCUT2D eigenvalue weighted by molar-refractivity contribution is 5.93. The van der Waals surface area contributed by atoms with Gasteiger partial charge in [0, 0.05) is 30.5 Å². The number of aliphatic hydroxyl groups is 1. The third kappa shape index (κ3) is 7.12. The maximum Gasteiger partial charge on any atom is 0.340 e. The molecule has 6 heteroatoms. The normalized spacial score (nSPS) is 13.9. The van der Waals surface area contributed by atoms with Gasteiger partial charge < -0.3 is 15.2 Å². The molecule has 1 aromatic heterocycles. The van der Waals surface area contributed by atoms with Crippen molar-refractivity contribution in [1.82, 2.24) is 10.3 Å². The number of nitrogens with one attached hydrogen (secondary N) is 1. The number of para-hydroxylation sites is 1. The average molecular weight is 463 g/mol. The van der Waals surface area contributed by atoms with E-state index in [-0.39, 0.29) is 18.2 Å². The Kier molecular flexibility index (Phi) is 9.16. The van der Waals surface area contributed by atoms with Gasteiger partial charge in [-0.3, -0.25) is 9.78 Å². The van der Waals surface area contributed by atoms with Crippen LogP contribution < -0.4 is 5.32 Å². The number of hydrogen-bond acceptors (Lipinski definition) is 5. The van der Waals surface area contributed by atoms with Crippen molar-refractivity contribution >= 4 is 22.8 Å². The number of carbonyl (C=O) groups is 2. The van der Waals surface area contributed by atoms with Crippen molar-refractivity contribution in [1.29, 1.82) is 0 Å². The molecule has 0 aliphatic carbocycles. The van der Waals surface area contributed by atoms with Gasteiger partial charge in [0.05, 0.1) is 17.2 Å². The number of carbonyl (C=O) groups excluding carboxylic acids is 2. The smallest absolute Gasteiger partial charge is 0.340 e. The fraction of sp³-hybridized carbons (Fsp3) is 0.393. The Bertz CT molecular complexity index is 1080. The Morgan fingerprint density at radius 3 is 2.44 bits per heavy atom. The van der Waals surface area contributed by atoms with E-state index in [0.717, 1.165) is 16.5 Å². The van der Waals surface area contributed by atoms with Gasteiger partial charge in [-0.25, -0.2) is 4.79 Å². The third-order valence-electron chi connectivity index (χ3n) is 5.80. The Hall–Kier alpha value is -3.25. The number of amides is 1. The minimum absolute atomic E-state index is 0.0845. The third-order valence-corrected chi connectivity index (χ3v) is 5.80. The summed E-state index contributed by atoms with van der Waals surface area (Å²) in [5.41, 5.74) is 2.05. The lowest BCUT2D eigenvalue weighted by atomic mass is 9.88. The largest absolute Gasteiger partial charge is 0.456 e. The number of hydrogen-bond donors (Lipinski definition) is 2. The number of fused-ring (bicyclic) bond motifs is 1. The van der Waals surface area contributed by atoms with Crippen LogP contribution in [0.15, 0.2) is 66.9 Å². The van der Waals surface area contributed by atoms with Crippen LogP contribution in [-0.2, 0) is 16.0 Å². The Morgan fingerprint density at radius 2 is 1.74 bits per heavy atom. The number of esters is 1. The second-order valence-corrected chi connectivity index (χ2v) is 9.07. The topological polar surface area (TPSA) is 88.5 Å². The van der Waals surface area contributed by atoms with Crippen LogP contribution in [0.3, 0.4) is 0 Å². The Morgan fingerprint density at radius 1 is 1.03 bits per heavy atom. The Balaban J connectivity index is 1.81. The molecule has 0 bridgehead atoms. The van der Waals surface area contributed by atoms with E-state index in [0.29, 0.717) is 30.9 Å². The highest BCUT2D eigenvalue weighted by Crippen LogP contribution is 2.23. The van der Waals surface area contributed by atoms with E-state index in [9.17, 15) is 14.7 Å². The summed E-state index contributed by atoms with van der Waals surface area (Å²) < 4.78 is 5.84. The molecule has 1 heterocycles. The van der Waals surface area contributed by atoms with E-state index in [1.807, 2.05) is 75.4 Å². The van der Waals surface area contributed by atoms with E-state index in [1.165, 1.54) is 6.20 Å². The van der Waals surface area contributed by atoms with Crippen LogP contribution in [-0.4, -0.2) is 40.7 Å². The molecule has 2 N–H and O–H groups in total. The second-order valence-electron chi connectivity index (χ2n) is 9.07. The summed E-state index contributed by atoms with van der Waals surface area (Å²) in [6.07, 6.45) is 0.897. The lowest BCUT2D eigenvalue weighted by molar-refractivity contribution is -0.127. The van der Waals surface area contributed by atoms with Crippen LogP contribution in [0.5, 0.6) is 0 Å². The zero-order chi connectivity index (χ0) is 24.5. The molecular weight excluding hydrogens is 428 g/mol. The van der Waals surface area contributed by atoms with Crippen molar-refractivity contribution < 1.29 is 19.4 Å². The lowest BCUT2D eigenvalue weighted by Gasteiger charge is -2.27. The molecule has 0 aliphatic heterocycles. The first-order chi connectivity index (χ1) is 16.4. The standard InChI is InChI=1S/C28H34N2O4/c1-4-29-27(32)22(14-19(2)3)17-25(31)26(15-20-10-6-5-7-11-20)34-28(33)23-16-21-12-8-9-13-24(21)30-18-23/h5-13,16,18-19,22,25-26,31H,4,14-15,17H2,1-3H3,(H,29,32)/t22-,25+,26+/m1/s1. The van der Waals surface area contributed by atoms with Gasteiger partial charge in [-0.2, -0.15) is 0 Å². The average Bonchev–Trinajstić information content (AvgIpc) is 2.83. The molecule has 0 aliphatic rings. The summed E-state index contributed by atoms with van der Waals surface area (Å²) in [7, 11) is 0.